The Morgan fingerprint density at radius 1 is 1.57 bits per heavy atom. The second-order valence-electron chi connectivity index (χ2n) is 5.54. The van der Waals surface area contributed by atoms with Crippen LogP contribution in [0.5, 0.6) is 0 Å². The summed E-state index contributed by atoms with van der Waals surface area (Å²) in [5.74, 6) is -0.0504. The minimum Gasteiger partial charge on any atom is -0.364 e. The van der Waals surface area contributed by atoms with Crippen LogP contribution in [0.15, 0.2) is 23.6 Å². The normalized spacial score (nSPS) is 19.7. The number of primary amides is 1. The van der Waals surface area contributed by atoms with E-state index in [0.717, 1.165) is 38.2 Å². The lowest BCUT2D eigenvalue weighted by molar-refractivity contribution is 0.0995. The van der Waals surface area contributed by atoms with Crippen molar-refractivity contribution in [2.75, 3.05) is 19.6 Å². The van der Waals surface area contributed by atoms with Crippen LogP contribution < -0.4 is 5.73 Å². The maximum absolute atomic E-state index is 11.1. The first-order chi connectivity index (χ1) is 10.2. The van der Waals surface area contributed by atoms with Gasteiger partial charge in [0, 0.05) is 29.6 Å². The van der Waals surface area contributed by atoms with Gasteiger partial charge in [0.2, 0.25) is 0 Å². The molecule has 21 heavy (non-hydrogen) atoms. The number of piperidine rings is 1. The third kappa shape index (κ3) is 3.51. The van der Waals surface area contributed by atoms with Crippen molar-refractivity contribution in [3.63, 3.8) is 0 Å². The first-order valence-corrected chi connectivity index (χ1v) is 8.20. The number of hydrogen-bond acceptors (Lipinski definition) is 4. The first kappa shape index (κ1) is 14.3. The van der Waals surface area contributed by atoms with Gasteiger partial charge in [-0.2, -0.15) is 5.10 Å². The zero-order chi connectivity index (χ0) is 14.7. The van der Waals surface area contributed by atoms with Crippen LogP contribution in [0.2, 0.25) is 0 Å². The average Bonchev–Trinajstić information content (AvgIpc) is 3.17. The van der Waals surface area contributed by atoms with Crippen LogP contribution in [0.3, 0.4) is 0 Å². The summed E-state index contributed by atoms with van der Waals surface area (Å²) in [5.41, 5.74) is 6.62. The lowest BCUT2D eigenvalue weighted by Crippen LogP contribution is -2.35. The molecule has 1 saturated heterocycles. The molecule has 1 aliphatic rings. The summed E-state index contributed by atoms with van der Waals surface area (Å²) in [6.45, 7) is 3.26. The summed E-state index contributed by atoms with van der Waals surface area (Å²) in [6, 6.07) is 6.10. The van der Waals surface area contributed by atoms with Crippen molar-refractivity contribution in [1.82, 2.24) is 15.1 Å². The first-order valence-electron chi connectivity index (χ1n) is 7.32. The van der Waals surface area contributed by atoms with Gasteiger partial charge >= 0.3 is 0 Å². The van der Waals surface area contributed by atoms with Gasteiger partial charge in [-0.1, -0.05) is 6.07 Å². The van der Waals surface area contributed by atoms with Crippen LogP contribution in [0.4, 0.5) is 0 Å². The Morgan fingerprint density at radius 2 is 2.48 bits per heavy atom. The van der Waals surface area contributed by atoms with Gasteiger partial charge in [0.05, 0.1) is 0 Å². The van der Waals surface area contributed by atoms with E-state index >= 15 is 0 Å². The van der Waals surface area contributed by atoms with Crippen LogP contribution in [-0.4, -0.2) is 40.6 Å². The van der Waals surface area contributed by atoms with E-state index in [2.05, 4.69) is 32.6 Å². The number of rotatable bonds is 5. The molecule has 112 valence electrons. The van der Waals surface area contributed by atoms with Crippen molar-refractivity contribution >= 4 is 17.2 Å². The molecule has 3 N–H and O–H groups in total. The Labute approximate surface area is 128 Å². The van der Waals surface area contributed by atoms with E-state index in [0.29, 0.717) is 11.6 Å². The Bertz CT molecular complexity index is 593. The molecule has 3 rings (SSSR count). The summed E-state index contributed by atoms with van der Waals surface area (Å²) < 4.78 is 0. The van der Waals surface area contributed by atoms with Crippen LogP contribution in [-0.2, 0) is 6.42 Å². The van der Waals surface area contributed by atoms with Gasteiger partial charge in [0.1, 0.15) is 5.69 Å². The number of aromatic nitrogens is 2. The SMILES string of the molecule is NC(=O)c1cc([C@@H]2CCCN(CCc3cccs3)C2)[nH]n1. The molecule has 2 aromatic heterocycles. The zero-order valence-electron chi connectivity index (χ0n) is 11.9. The number of amides is 1. The number of likely N-dealkylation sites (tertiary alicyclic amines) is 1. The van der Waals surface area contributed by atoms with Gasteiger partial charge in [-0.15, -0.1) is 11.3 Å². The lowest BCUT2D eigenvalue weighted by Gasteiger charge is -2.32. The van der Waals surface area contributed by atoms with E-state index in [1.807, 2.05) is 11.3 Å². The average molecular weight is 304 g/mol. The third-order valence-electron chi connectivity index (χ3n) is 4.05. The van der Waals surface area contributed by atoms with Crippen LogP contribution in [0.25, 0.3) is 0 Å². The molecule has 1 amide bonds. The quantitative estimate of drug-likeness (QED) is 0.887. The van der Waals surface area contributed by atoms with Gasteiger partial charge in [-0.25, -0.2) is 0 Å². The maximum Gasteiger partial charge on any atom is 0.269 e. The van der Waals surface area contributed by atoms with Crippen LogP contribution in [0, 0.1) is 0 Å². The van der Waals surface area contributed by atoms with Gasteiger partial charge in [-0.05, 0) is 43.3 Å². The van der Waals surface area contributed by atoms with Crippen molar-refractivity contribution in [2.24, 2.45) is 5.73 Å². The minimum atomic E-state index is -0.470. The van der Waals surface area contributed by atoms with E-state index in [4.69, 9.17) is 5.73 Å². The molecule has 0 spiro atoms. The number of nitrogens with one attached hydrogen (secondary N) is 1. The van der Waals surface area contributed by atoms with Gasteiger partial charge in [-0.3, -0.25) is 9.89 Å². The number of thiophene rings is 1. The molecule has 0 radical (unpaired) electrons. The number of carbonyl (C=O) groups excluding carboxylic acids is 1. The Balaban J connectivity index is 1.58. The Morgan fingerprint density at radius 3 is 3.19 bits per heavy atom. The molecule has 2 aromatic rings. The highest BCUT2D eigenvalue weighted by atomic mass is 32.1. The third-order valence-corrected chi connectivity index (χ3v) is 4.99. The standard InChI is InChI=1S/C15H20N4OS/c16-15(20)14-9-13(17-18-14)11-3-1-6-19(10-11)7-5-12-4-2-8-21-12/h2,4,8-9,11H,1,3,5-7,10H2,(H2,16,20)(H,17,18)/t11-/m1/s1. The van der Waals surface area contributed by atoms with E-state index < -0.39 is 5.91 Å². The topological polar surface area (TPSA) is 75.0 Å². The largest absolute Gasteiger partial charge is 0.364 e. The molecule has 1 aliphatic heterocycles. The summed E-state index contributed by atoms with van der Waals surface area (Å²) in [4.78, 5) is 15.1. The number of carbonyl (C=O) groups is 1. The molecule has 0 unspecified atom stereocenters. The van der Waals surface area contributed by atoms with Gasteiger partial charge in [0.25, 0.3) is 5.91 Å². The molecule has 0 aliphatic carbocycles. The molecule has 0 bridgehead atoms. The molecular weight excluding hydrogens is 284 g/mol. The number of aromatic amines is 1. The molecular formula is C15H20N4OS. The highest BCUT2D eigenvalue weighted by Crippen LogP contribution is 2.26. The molecule has 5 nitrogen and oxygen atoms in total. The minimum absolute atomic E-state index is 0.334. The van der Waals surface area contributed by atoms with E-state index in [1.165, 1.54) is 11.3 Å². The fraction of sp³-hybridized carbons (Fsp3) is 0.467. The van der Waals surface area contributed by atoms with Gasteiger partial charge in [0.15, 0.2) is 0 Å². The van der Waals surface area contributed by atoms with Crippen LogP contribution >= 0.6 is 11.3 Å². The van der Waals surface area contributed by atoms with Crippen molar-refractivity contribution in [2.45, 2.75) is 25.2 Å². The summed E-state index contributed by atoms with van der Waals surface area (Å²) in [7, 11) is 0. The number of H-pyrrole nitrogens is 1. The number of nitrogens with zero attached hydrogens (tertiary/aromatic N) is 2. The summed E-state index contributed by atoms with van der Waals surface area (Å²) >= 11 is 1.82. The molecule has 1 atom stereocenters. The van der Waals surface area contributed by atoms with E-state index in [-0.39, 0.29) is 0 Å². The van der Waals surface area contributed by atoms with E-state index in [1.54, 1.807) is 6.07 Å². The van der Waals surface area contributed by atoms with Gasteiger partial charge < -0.3 is 10.6 Å². The zero-order valence-corrected chi connectivity index (χ0v) is 12.7. The predicted octanol–water partition coefficient (Wildman–Crippen LogP) is 1.99. The second kappa shape index (κ2) is 6.41. The Kier molecular flexibility index (Phi) is 4.36. The molecule has 0 aromatic carbocycles. The highest BCUT2D eigenvalue weighted by molar-refractivity contribution is 7.09. The Hall–Kier alpha value is -1.66. The van der Waals surface area contributed by atoms with Crippen molar-refractivity contribution in [3.8, 4) is 0 Å². The second-order valence-corrected chi connectivity index (χ2v) is 6.57. The predicted molar refractivity (Wildman–Crippen MR) is 83.5 cm³/mol. The lowest BCUT2D eigenvalue weighted by atomic mass is 9.94. The van der Waals surface area contributed by atoms with Crippen molar-refractivity contribution in [1.29, 1.82) is 0 Å². The smallest absolute Gasteiger partial charge is 0.269 e. The van der Waals surface area contributed by atoms with Crippen LogP contribution in [0.1, 0.15) is 39.8 Å². The van der Waals surface area contributed by atoms with E-state index in [9.17, 15) is 4.79 Å². The highest BCUT2D eigenvalue weighted by Gasteiger charge is 2.23. The number of nitrogens with two attached hydrogens (primary N) is 1. The maximum atomic E-state index is 11.1. The monoisotopic (exact) mass is 304 g/mol. The van der Waals surface area contributed by atoms with Crippen molar-refractivity contribution in [3.05, 3.63) is 39.8 Å². The fourth-order valence-electron chi connectivity index (χ4n) is 2.91. The van der Waals surface area contributed by atoms with Crippen molar-refractivity contribution < 1.29 is 4.79 Å². The molecule has 3 heterocycles. The summed E-state index contributed by atoms with van der Waals surface area (Å²) in [5, 5.41) is 9.09. The molecule has 6 heteroatoms. The molecule has 1 fully saturated rings. The summed E-state index contributed by atoms with van der Waals surface area (Å²) in [6.07, 6.45) is 3.43. The molecule has 0 saturated carbocycles. The fourth-order valence-corrected chi connectivity index (χ4v) is 3.61. The number of hydrogen-bond donors (Lipinski definition) is 2.